The summed E-state index contributed by atoms with van der Waals surface area (Å²) in [6, 6.07) is 4.28. The van der Waals surface area contributed by atoms with Gasteiger partial charge in [-0.1, -0.05) is 11.6 Å². The summed E-state index contributed by atoms with van der Waals surface area (Å²) < 4.78 is 26.2. The Morgan fingerprint density at radius 3 is 2.76 bits per heavy atom. The first kappa shape index (κ1) is 14.6. The van der Waals surface area contributed by atoms with Crippen molar-refractivity contribution in [1.29, 1.82) is 0 Å². The summed E-state index contributed by atoms with van der Waals surface area (Å²) in [6.45, 7) is 0.422. The number of nitrogens with two attached hydrogens (primary N) is 1. The number of sulfonamides is 1. The Labute approximate surface area is 111 Å². The van der Waals surface area contributed by atoms with Crippen LogP contribution in [0.25, 0.3) is 0 Å². The fourth-order valence-electron chi connectivity index (χ4n) is 1.18. The van der Waals surface area contributed by atoms with Gasteiger partial charge >= 0.3 is 0 Å². The van der Waals surface area contributed by atoms with E-state index in [1.54, 1.807) is 11.8 Å². The molecule has 4 nitrogen and oxygen atoms in total. The lowest BCUT2D eigenvalue weighted by molar-refractivity contribution is 0.581. The van der Waals surface area contributed by atoms with E-state index in [4.69, 9.17) is 17.3 Å². The summed E-state index contributed by atoms with van der Waals surface area (Å²) in [5, 5.41) is 0.247. The summed E-state index contributed by atoms with van der Waals surface area (Å²) in [5.41, 5.74) is 5.89. The third-order valence-electron chi connectivity index (χ3n) is 2.10. The molecule has 7 heteroatoms. The molecule has 0 radical (unpaired) electrons. The Kier molecular flexibility index (Phi) is 5.58. The summed E-state index contributed by atoms with van der Waals surface area (Å²) in [7, 11) is -3.48. The summed E-state index contributed by atoms with van der Waals surface area (Å²) >= 11 is 7.46. The van der Waals surface area contributed by atoms with E-state index in [9.17, 15) is 8.42 Å². The van der Waals surface area contributed by atoms with Crippen molar-refractivity contribution < 1.29 is 8.42 Å². The monoisotopic (exact) mass is 294 g/mol. The van der Waals surface area contributed by atoms with Crippen molar-refractivity contribution in [3.63, 3.8) is 0 Å². The molecule has 0 aliphatic heterocycles. The van der Waals surface area contributed by atoms with Crippen LogP contribution in [-0.2, 0) is 10.0 Å². The van der Waals surface area contributed by atoms with E-state index >= 15 is 0 Å². The number of halogens is 1. The molecule has 0 fully saturated rings. The highest BCUT2D eigenvalue weighted by atomic mass is 35.5. The molecule has 0 saturated heterocycles. The van der Waals surface area contributed by atoms with Gasteiger partial charge < -0.3 is 5.73 Å². The Morgan fingerprint density at radius 1 is 1.47 bits per heavy atom. The highest BCUT2D eigenvalue weighted by Crippen LogP contribution is 2.22. The molecule has 0 amide bonds. The zero-order chi connectivity index (χ0) is 12.9. The SMILES string of the molecule is CSCCCNS(=O)(=O)c1ccc(N)c(Cl)c1. The van der Waals surface area contributed by atoms with Crippen molar-refractivity contribution in [2.24, 2.45) is 0 Å². The van der Waals surface area contributed by atoms with Gasteiger partial charge in [0, 0.05) is 6.54 Å². The highest BCUT2D eigenvalue weighted by molar-refractivity contribution is 7.98. The molecule has 17 heavy (non-hydrogen) atoms. The predicted molar refractivity (Wildman–Crippen MR) is 74.1 cm³/mol. The van der Waals surface area contributed by atoms with E-state index in [0.717, 1.165) is 12.2 Å². The van der Waals surface area contributed by atoms with Crippen molar-refractivity contribution in [3.05, 3.63) is 23.2 Å². The fourth-order valence-corrected chi connectivity index (χ4v) is 2.96. The second-order valence-electron chi connectivity index (χ2n) is 3.43. The van der Waals surface area contributed by atoms with Crippen LogP contribution in [0.1, 0.15) is 6.42 Å². The first-order valence-corrected chi connectivity index (χ1v) is 8.26. The van der Waals surface area contributed by atoms with Crippen LogP contribution in [0, 0.1) is 0 Å². The normalized spacial score (nSPS) is 11.6. The Morgan fingerprint density at radius 2 is 2.18 bits per heavy atom. The molecule has 96 valence electrons. The Hall–Kier alpha value is -0.430. The summed E-state index contributed by atoms with van der Waals surface area (Å²) in [4.78, 5) is 0.140. The third kappa shape index (κ3) is 4.39. The maximum atomic E-state index is 11.8. The van der Waals surface area contributed by atoms with Gasteiger partial charge in [-0.2, -0.15) is 11.8 Å². The van der Waals surface area contributed by atoms with E-state index in [1.165, 1.54) is 18.2 Å². The number of rotatable bonds is 6. The van der Waals surface area contributed by atoms with E-state index in [-0.39, 0.29) is 9.92 Å². The van der Waals surface area contributed by atoms with Crippen molar-refractivity contribution in [2.45, 2.75) is 11.3 Å². The standard InChI is InChI=1S/C10H15ClN2O2S2/c1-16-6-2-5-13-17(14,15)8-3-4-10(12)9(11)7-8/h3-4,7,13H,2,5-6,12H2,1H3. The lowest BCUT2D eigenvalue weighted by atomic mass is 10.3. The lowest BCUT2D eigenvalue weighted by Gasteiger charge is -2.07. The molecule has 0 aliphatic rings. The van der Waals surface area contributed by atoms with Gasteiger partial charge in [-0.25, -0.2) is 13.1 Å². The second-order valence-corrected chi connectivity index (χ2v) is 6.59. The van der Waals surface area contributed by atoms with Crippen molar-refractivity contribution in [3.8, 4) is 0 Å². The molecular formula is C10H15ClN2O2S2. The van der Waals surface area contributed by atoms with Crippen LogP contribution in [0.5, 0.6) is 0 Å². The lowest BCUT2D eigenvalue weighted by Crippen LogP contribution is -2.25. The second kappa shape index (κ2) is 6.49. The van der Waals surface area contributed by atoms with Crippen LogP contribution in [-0.4, -0.2) is 27.0 Å². The molecule has 0 unspecified atom stereocenters. The van der Waals surface area contributed by atoms with Gasteiger partial charge in [0.1, 0.15) is 0 Å². The minimum atomic E-state index is -3.48. The molecule has 0 heterocycles. The molecule has 0 aliphatic carbocycles. The van der Waals surface area contributed by atoms with Gasteiger partial charge in [0.15, 0.2) is 0 Å². The number of thioether (sulfide) groups is 1. The Balaban J connectivity index is 2.72. The molecule has 0 atom stereocenters. The maximum absolute atomic E-state index is 11.8. The van der Waals surface area contributed by atoms with Gasteiger partial charge in [-0.05, 0) is 36.6 Å². The number of benzene rings is 1. The highest BCUT2D eigenvalue weighted by Gasteiger charge is 2.14. The van der Waals surface area contributed by atoms with Crippen LogP contribution >= 0.6 is 23.4 Å². The van der Waals surface area contributed by atoms with Crippen LogP contribution in [0.15, 0.2) is 23.1 Å². The van der Waals surface area contributed by atoms with Gasteiger partial charge in [-0.3, -0.25) is 0 Å². The number of anilines is 1. The number of hydrogen-bond donors (Lipinski definition) is 2. The summed E-state index contributed by atoms with van der Waals surface area (Å²) in [5.74, 6) is 0.922. The Bertz CT molecular complexity index is 477. The summed E-state index contributed by atoms with van der Waals surface area (Å²) in [6.07, 6.45) is 2.78. The fraction of sp³-hybridized carbons (Fsp3) is 0.400. The first-order valence-electron chi connectivity index (χ1n) is 5.01. The zero-order valence-corrected chi connectivity index (χ0v) is 11.8. The van der Waals surface area contributed by atoms with Crippen LogP contribution in [0.2, 0.25) is 5.02 Å². The minimum absolute atomic E-state index is 0.140. The molecular weight excluding hydrogens is 280 g/mol. The molecule has 0 spiro atoms. The van der Waals surface area contributed by atoms with Gasteiger partial charge in [0.05, 0.1) is 15.6 Å². The quantitative estimate of drug-likeness (QED) is 0.621. The average Bonchev–Trinajstić information content (AvgIpc) is 2.28. The number of hydrogen-bond acceptors (Lipinski definition) is 4. The van der Waals surface area contributed by atoms with E-state index in [1.807, 2.05) is 6.26 Å². The van der Waals surface area contributed by atoms with Crippen molar-refractivity contribution in [1.82, 2.24) is 4.72 Å². The molecule has 1 aromatic carbocycles. The van der Waals surface area contributed by atoms with E-state index in [2.05, 4.69) is 4.72 Å². The van der Waals surface area contributed by atoms with E-state index < -0.39 is 10.0 Å². The smallest absolute Gasteiger partial charge is 0.240 e. The molecule has 0 aromatic heterocycles. The van der Waals surface area contributed by atoms with Gasteiger partial charge in [0.25, 0.3) is 0 Å². The first-order chi connectivity index (χ1) is 7.97. The molecule has 1 rings (SSSR count). The van der Waals surface area contributed by atoms with Crippen LogP contribution in [0.3, 0.4) is 0 Å². The van der Waals surface area contributed by atoms with Crippen molar-refractivity contribution in [2.75, 3.05) is 24.3 Å². The largest absolute Gasteiger partial charge is 0.398 e. The van der Waals surface area contributed by atoms with Gasteiger partial charge in [0.2, 0.25) is 10.0 Å². The van der Waals surface area contributed by atoms with Crippen LogP contribution in [0.4, 0.5) is 5.69 Å². The molecule has 0 bridgehead atoms. The van der Waals surface area contributed by atoms with Crippen molar-refractivity contribution >= 4 is 39.1 Å². The zero-order valence-electron chi connectivity index (χ0n) is 9.44. The third-order valence-corrected chi connectivity index (χ3v) is 4.58. The average molecular weight is 295 g/mol. The molecule has 0 saturated carbocycles. The minimum Gasteiger partial charge on any atom is -0.398 e. The molecule has 1 aromatic rings. The molecule has 3 N–H and O–H groups in total. The number of nitrogens with one attached hydrogen (secondary N) is 1. The van der Waals surface area contributed by atoms with Gasteiger partial charge in [-0.15, -0.1) is 0 Å². The topological polar surface area (TPSA) is 72.2 Å². The number of nitrogen functional groups attached to an aromatic ring is 1. The maximum Gasteiger partial charge on any atom is 0.240 e. The predicted octanol–water partition coefficient (Wildman–Crippen LogP) is 1.95. The van der Waals surface area contributed by atoms with E-state index in [0.29, 0.717) is 12.2 Å². The van der Waals surface area contributed by atoms with Crippen LogP contribution < -0.4 is 10.5 Å².